The predicted octanol–water partition coefficient (Wildman–Crippen LogP) is 4.36. The van der Waals surface area contributed by atoms with Gasteiger partial charge in [-0.1, -0.05) is 121 Å². The third-order valence-corrected chi connectivity index (χ3v) is 24.6. The van der Waals surface area contributed by atoms with Crippen LogP contribution in [0.4, 0.5) is 0 Å². The highest BCUT2D eigenvalue weighted by Crippen LogP contribution is 2.68. The maximum absolute atomic E-state index is 15.4. The minimum Gasteiger partial charge on any atom is -0.608 e. The fraction of sp³-hybridized carbons (Fsp3) is 0.200. The third-order valence-electron chi connectivity index (χ3n) is 6.35. The summed E-state index contributed by atoms with van der Waals surface area (Å²) in [6.07, 6.45) is 0. The minimum atomic E-state index is -4.55. The highest BCUT2D eigenvalue weighted by Gasteiger charge is 2.71. The van der Waals surface area contributed by atoms with E-state index >= 15 is 9.79 Å². The first-order valence-electron chi connectivity index (χ1n) is 14.3. The molecule has 44 heavy (non-hydrogen) atoms. The molecule has 0 saturated carbocycles. The summed E-state index contributed by atoms with van der Waals surface area (Å²) in [5.74, 6) is 0. The van der Waals surface area contributed by atoms with Gasteiger partial charge in [0.05, 0.1) is 0 Å². The zero-order valence-corrected chi connectivity index (χ0v) is 31.5. The van der Waals surface area contributed by atoms with E-state index in [0.29, 0.717) is 20.7 Å². The van der Waals surface area contributed by atoms with E-state index in [-0.39, 0.29) is 0 Å². The number of rotatable bonds is 8. The topological polar surface area (TPSA) is 102 Å². The average molecular weight is 701 g/mol. The lowest BCUT2D eigenvalue weighted by Gasteiger charge is -2.47. The number of hydrogen-bond donors (Lipinski definition) is 0. The van der Waals surface area contributed by atoms with Gasteiger partial charge in [0.15, 0.2) is 0 Å². The Labute approximate surface area is 265 Å². The molecular formula is C30H38O8P2Si4. The molecule has 1 fully saturated rings. The fourth-order valence-electron chi connectivity index (χ4n) is 4.83. The van der Waals surface area contributed by atoms with E-state index in [1.54, 1.807) is 48.5 Å². The summed E-state index contributed by atoms with van der Waals surface area (Å²) in [5, 5.41) is 2.19. The van der Waals surface area contributed by atoms with Crippen molar-refractivity contribution >= 4 is 70.8 Å². The highest BCUT2D eigenvalue weighted by molar-refractivity contribution is 7.64. The van der Waals surface area contributed by atoms with Crippen molar-refractivity contribution in [3.05, 3.63) is 121 Å². The SMILES string of the molecule is C[Si](C)(C)O[P+]1([O-])O[Si](c2ccccc2)(c2ccccc2)O[P+]([O-])(O[Si](C)(C)C)O[Si](c2ccccc2)(c2ccccc2)O1. The second-order valence-electron chi connectivity index (χ2n) is 12.4. The smallest absolute Gasteiger partial charge is 0.509 e. The van der Waals surface area contributed by atoms with E-state index < -0.39 is 50.1 Å². The van der Waals surface area contributed by atoms with Crippen molar-refractivity contribution in [3.8, 4) is 0 Å². The van der Waals surface area contributed by atoms with Gasteiger partial charge in [-0.05, 0) is 39.3 Å². The molecule has 14 heteroatoms. The lowest BCUT2D eigenvalue weighted by molar-refractivity contribution is -0.236. The Kier molecular flexibility index (Phi) is 9.81. The van der Waals surface area contributed by atoms with Crippen LogP contribution >= 0.6 is 16.3 Å². The summed E-state index contributed by atoms with van der Waals surface area (Å²) in [6.45, 7) is 11.4. The van der Waals surface area contributed by atoms with Crippen molar-refractivity contribution < 1.29 is 35.1 Å². The van der Waals surface area contributed by atoms with Gasteiger partial charge in [-0.2, -0.15) is 16.9 Å². The van der Waals surface area contributed by atoms with Gasteiger partial charge in [-0.15, -0.1) is 0 Å². The summed E-state index contributed by atoms with van der Waals surface area (Å²) in [7, 11) is -22.8. The Morgan fingerprint density at radius 1 is 0.432 bits per heavy atom. The molecule has 0 atom stereocenters. The molecule has 0 radical (unpaired) electrons. The highest BCUT2D eigenvalue weighted by atomic mass is 31.2. The maximum atomic E-state index is 15.4. The van der Waals surface area contributed by atoms with E-state index in [1.807, 2.05) is 112 Å². The van der Waals surface area contributed by atoms with Gasteiger partial charge in [0, 0.05) is 20.7 Å². The summed E-state index contributed by atoms with van der Waals surface area (Å²) in [4.78, 5) is 30.8. The fourth-order valence-corrected chi connectivity index (χ4v) is 25.6. The van der Waals surface area contributed by atoms with Gasteiger partial charge < -0.3 is 9.79 Å². The van der Waals surface area contributed by atoms with Crippen molar-refractivity contribution in [2.75, 3.05) is 0 Å². The van der Waals surface area contributed by atoms with Crippen molar-refractivity contribution in [2.24, 2.45) is 0 Å². The second kappa shape index (κ2) is 12.8. The number of benzene rings is 4. The van der Waals surface area contributed by atoms with Gasteiger partial charge >= 0.3 is 33.5 Å². The van der Waals surface area contributed by atoms with E-state index in [4.69, 9.17) is 25.3 Å². The van der Waals surface area contributed by atoms with Crippen LogP contribution in [0.1, 0.15) is 0 Å². The molecule has 1 saturated heterocycles. The summed E-state index contributed by atoms with van der Waals surface area (Å²) < 4.78 is 40.0. The molecule has 8 nitrogen and oxygen atoms in total. The number of phosphoric acid groups is 2. The molecule has 1 heterocycles. The summed E-state index contributed by atoms with van der Waals surface area (Å²) in [5.41, 5.74) is 0. The molecule has 0 bridgehead atoms. The number of hydrogen-bond acceptors (Lipinski definition) is 8. The average Bonchev–Trinajstić information content (AvgIpc) is 2.95. The van der Waals surface area contributed by atoms with Crippen molar-refractivity contribution in [3.63, 3.8) is 0 Å². The molecule has 0 amide bonds. The quantitative estimate of drug-likeness (QED) is 0.198. The molecule has 232 valence electrons. The largest absolute Gasteiger partial charge is 0.608 e. The first-order chi connectivity index (χ1) is 20.7. The third kappa shape index (κ3) is 7.63. The van der Waals surface area contributed by atoms with E-state index in [2.05, 4.69) is 0 Å². The van der Waals surface area contributed by atoms with E-state index in [0.717, 1.165) is 0 Å². The molecule has 4 aromatic rings. The van der Waals surface area contributed by atoms with Gasteiger partial charge in [0.25, 0.3) is 0 Å². The summed E-state index contributed by atoms with van der Waals surface area (Å²) in [6, 6.07) is 36.4. The van der Waals surface area contributed by atoms with Crippen LogP contribution in [-0.2, 0) is 25.3 Å². The van der Waals surface area contributed by atoms with Crippen LogP contribution in [0.15, 0.2) is 121 Å². The lowest BCUT2D eigenvalue weighted by Crippen LogP contribution is -2.71. The predicted molar refractivity (Wildman–Crippen MR) is 183 cm³/mol. The summed E-state index contributed by atoms with van der Waals surface area (Å²) >= 11 is 0. The molecule has 0 unspecified atom stereocenters. The lowest BCUT2D eigenvalue weighted by atomic mass is 10.4. The van der Waals surface area contributed by atoms with Gasteiger partial charge in [-0.25, -0.2) is 8.43 Å². The van der Waals surface area contributed by atoms with Gasteiger partial charge in [0.2, 0.25) is 16.6 Å². The second-order valence-corrected chi connectivity index (χ2v) is 31.8. The zero-order chi connectivity index (χ0) is 31.7. The van der Waals surface area contributed by atoms with Crippen molar-refractivity contribution in [1.29, 1.82) is 0 Å². The maximum Gasteiger partial charge on any atom is 0.509 e. The van der Waals surface area contributed by atoms with Crippen LogP contribution in [-0.4, -0.2) is 33.8 Å². The first-order valence-corrected chi connectivity index (χ1v) is 27.7. The van der Waals surface area contributed by atoms with Crippen LogP contribution in [0.2, 0.25) is 39.3 Å². The first kappa shape index (κ1) is 33.6. The Morgan fingerprint density at radius 2 is 0.636 bits per heavy atom. The van der Waals surface area contributed by atoms with Crippen LogP contribution in [0, 0.1) is 0 Å². The molecule has 0 aliphatic carbocycles. The van der Waals surface area contributed by atoms with E-state index in [9.17, 15) is 0 Å². The van der Waals surface area contributed by atoms with Gasteiger partial charge in [-0.3, -0.25) is 0 Å². The minimum absolute atomic E-state index is 0.547. The van der Waals surface area contributed by atoms with Crippen LogP contribution in [0.5, 0.6) is 0 Å². The van der Waals surface area contributed by atoms with Gasteiger partial charge in [0.1, 0.15) is 0 Å². The monoisotopic (exact) mass is 700 g/mol. The molecular weight excluding hydrogens is 663 g/mol. The Balaban J connectivity index is 1.85. The normalized spacial score (nSPS) is 23.8. The van der Waals surface area contributed by atoms with E-state index in [1.165, 1.54) is 0 Å². The van der Waals surface area contributed by atoms with Crippen LogP contribution in [0.3, 0.4) is 0 Å². The molecule has 5 rings (SSSR count). The molecule has 0 aromatic heterocycles. The van der Waals surface area contributed by atoms with Crippen molar-refractivity contribution in [1.82, 2.24) is 0 Å². The molecule has 1 aliphatic rings. The molecule has 0 spiro atoms. The molecule has 0 N–H and O–H groups in total. The zero-order valence-electron chi connectivity index (χ0n) is 25.7. The standard InChI is InChI=1S/C30H38O8P2Si4/c1-41(2,3)33-39(31)35-43(27-19-11-7-12-20-27,28-21-13-8-14-22-28)37-40(32,34-42(4,5)6)38-44(36-39,29-23-15-9-16-24-29)30-25-17-10-18-26-30/h7-26H,1-6H3. The van der Waals surface area contributed by atoms with Crippen molar-refractivity contribution in [2.45, 2.75) is 39.3 Å². The Morgan fingerprint density at radius 3 is 0.818 bits per heavy atom. The Bertz CT molecular complexity index is 1310. The Hall–Kier alpha value is -1.71. The van der Waals surface area contributed by atoms with Crippen LogP contribution in [0.25, 0.3) is 0 Å². The molecule has 1 aliphatic heterocycles. The molecule has 4 aromatic carbocycles. The van der Waals surface area contributed by atoms with Crippen LogP contribution < -0.4 is 30.5 Å².